The van der Waals surface area contributed by atoms with Crippen LogP contribution in [0, 0.1) is 11.8 Å². The van der Waals surface area contributed by atoms with Crippen LogP contribution in [0.4, 0.5) is 0 Å². The zero-order valence-electron chi connectivity index (χ0n) is 7.22. The Morgan fingerprint density at radius 3 is 3.08 bits per heavy atom. The first-order chi connectivity index (χ1) is 5.83. The molecule has 0 heterocycles. The number of carbonyl (C=O) groups excluding carboxylic acids is 1. The SMILES string of the molecule is CC#CCOC1=CC(=O)CCC1. The van der Waals surface area contributed by atoms with Gasteiger partial charge in [0.05, 0.1) is 0 Å². The van der Waals surface area contributed by atoms with Gasteiger partial charge in [-0.25, -0.2) is 0 Å². The van der Waals surface area contributed by atoms with Gasteiger partial charge < -0.3 is 4.74 Å². The third-order valence-corrected chi connectivity index (χ3v) is 1.67. The van der Waals surface area contributed by atoms with Crippen LogP contribution in [0.2, 0.25) is 0 Å². The van der Waals surface area contributed by atoms with E-state index < -0.39 is 0 Å². The van der Waals surface area contributed by atoms with E-state index in [-0.39, 0.29) is 5.78 Å². The Morgan fingerprint density at radius 1 is 1.58 bits per heavy atom. The molecule has 2 nitrogen and oxygen atoms in total. The molecular formula is C10H12O2. The summed E-state index contributed by atoms with van der Waals surface area (Å²) in [6.07, 6.45) is 4.02. The monoisotopic (exact) mass is 164 g/mol. The fourth-order valence-corrected chi connectivity index (χ4v) is 1.08. The standard InChI is InChI=1S/C10H12O2/c1-2-3-7-12-10-6-4-5-9(11)8-10/h8H,4-7H2,1H3. The van der Waals surface area contributed by atoms with Gasteiger partial charge in [-0.2, -0.15) is 0 Å². The summed E-state index contributed by atoms with van der Waals surface area (Å²) in [6.45, 7) is 2.17. The highest BCUT2D eigenvalue weighted by Crippen LogP contribution is 2.15. The smallest absolute Gasteiger partial charge is 0.159 e. The summed E-state index contributed by atoms with van der Waals surface area (Å²) in [5, 5.41) is 0. The normalized spacial score (nSPS) is 16.1. The first-order valence-corrected chi connectivity index (χ1v) is 4.08. The Labute approximate surface area is 72.6 Å². The molecule has 0 amide bonds. The molecule has 12 heavy (non-hydrogen) atoms. The van der Waals surface area contributed by atoms with Crippen molar-refractivity contribution in [3.8, 4) is 11.8 Å². The lowest BCUT2D eigenvalue weighted by molar-refractivity contribution is -0.115. The van der Waals surface area contributed by atoms with Crippen LogP contribution >= 0.6 is 0 Å². The number of ether oxygens (including phenoxy) is 1. The van der Waals surface area contributed by atoms with Gasteiger partial charge in [-0.1, -0.05) is 5.92 Å². The van der Waals surface area contributed by atoms with E-state index in [1.807, 2.05) is 0 Å². The fourth-order valence-electron chi connectivity index (χ4n) is 1.08. The van der Waals surface area contributed by atoms with Gasteiger partial charge in [0, 0.05) is 18.9 Å². The Balaban J connectivity index is 2.39. The topological polar surface area (TPSA) is 26.3 Å². The molecule has 0 aromatic carbocycles. The molecule has 0 aromatic rings. The number of allylic oxidation sites excluding steroid dienone is 2. The average Bonchev–Trinajstić information content (AvgIpc) is 2.05. The molecular weight excluding hydrogens is 152 g/mol. The molecule has 1 aliphatic rings. The molecule has 0 atom stereocenters. The second-order valence-electron chi connectivity index (χ2n) is 2.65. The highest BCUT2D eigenvalue weighted by atomic mass is 16.5. The van der Waals surface area contributed by atoms with Crippen LogP contribution in [0.15, 0.2) is 11.8 Å². The molecule has 0 saturated heterocycles. The average molecular weight is 164 g/mol. The van der Waals surface area contributed by atoms with Gasteiger partial charge in [-0.05, 0) is 13.3 Å². The van der Waals surface area contributed by atoms with Gasteiger partial charge in [0.25, 0.3) is 0 Å². The van der Waals surface area contributed by atoms with Gasteiger partial charge in [-0.3, -0.25) is 4.79 Å². The maximum Gasteiger partial charge on any atom is 0.159 e. The molecule has 0 aromatic heterocycles. The second kappa shape index (κ2) is 4.61. The number of rotatable bonds is 2. The van der Waals surface area contributed by atoms with Gasteiger partial charge in [0.15, 0.2) is 5.78 Å². The van der Waals surface area contributed by atoms with Crippen molar-refractivity contribution in [3.63, 3.8) is 0 Å². The molecule has 1 aliphatic carbocycles. The lowest BCUT2D eigenvalue weighted by Gasteiger charge is -2.11. The highest BCUT2D eigenvalue weighted by Gasteiger charge is 2.09. The van der Waals surface area contributed by atoms with Gasteiger partial charge in [0.2, 0.25) is 0 Å². The first kappa shape index (κ1) is 8.86. The van der Waals surface area contributed by atoms with E-state index in [2.05, 4.69) is 11.8 Å². The van der Waals surface area contributed by atoms with Crippen LogP contribution in [0.25, 0.3) is 0 Å². The van der Waals surface area contributed by atoms with Gasteiger partial charge in [0.1, 0.15) is 12.4 Å². The summed E-state index contributed by atoms with van der Waals surface area (Å²) in [6, 6.07) is 0. The summed E-state index contributed by atoms with van der Waals surface area (Å²) in [5.74, 6) is 6.47. The minimum atomic E-state index is 0.167. The van der Waals surface area contributed by atoms with E-state index >= 15 is 0 Å². The van der Waals surface area contributed by atoms with E-state index in [9.17, 15) is 4.79 Å². The number of hydrogen-bond acceptors (Lipinski definition) is 2. The zero-order chi connectivity index (χ0) is 8.81. The summed E-state index contributed by atoms with van der Waals surface area (Å²) < 4.78 is 5.26. The van der Waals surface area contributed by atoms with Crippen LogP contribution in [0.5, 0.6) is 0 Å². The van der Waals surface area contributed by atoms with Crippen molar-refractivity contribution in [2.45, 2.75) is 26.2 Å². The quantitative estimate of drug-likeness (QED) is 0.580. The zero-order valence-corrected chi connectivity index (χ0v) is 7.22. The predicted molar refractivity (Wildman–Crippen MR) is 46.3 cm³/mol. The molecule has 0 saturated carbocycles. The largest absolute Gasteiger partial charge is 0.485 e. The Bertz CT molecular complexity index is 253. The Morgan fingerprint density at radius 2 is 2.42 bits per heavy atom. The molecule has 2 heteroatoms. The number of hydrogen-bond donors (Lipinski definition) is 0. The minimum Gasteiger partial charge on any atom is -0.485 e. The van der Waals surface area contributed by atoms with Crippen molar-refractivity contribution >= 4 is 5.78 Å². The van der Waals surface area contributed by atoms with Crippen LogP contribution in [-0.4, -0.2) is 12.4 Å². The first-order valence-electron chi connectivity index (χ1n) is 4.08. The van der Waals surface area contributed by atoms with E-state index in [1.54, 1.807) is 13.0 Å². The molecule has 0 bridgehead atoms. The molecule has 0 radical (unpaired) electrons. The summed E-state index contributed by atoms with van der Waals surface area (Å²) in [7, 11) is 0. The van der Waals surface area contributed by atoms with Crippen LogP contribution in [0.3, 0.4) is 0 Å². The van der Waals surface area contributed by atoms with E-state index in [4.69, 9.17) is 4.74 Å². The maximum atomic E-state index is 10.9. The molecule has 0 fully saturated rings. The van der Waals surface area contributed by atoms with Gasteiger partial charge >= 0.3 is 0 Å². The maximum absolute atomic E-state index is 10.9. The fraction of sp³-hybridized carbons (Fsp3) is 0.500. The van der Waals surface area contributed by atoms with Crippen LogP contribution in [0.1, 0.15) is 26.2 Å². The summed E-state index contributed by atoms with van der Waals surface area (Å²) in [5.41, 5.74) is 0. The van der Waals surface area contributed by atoms with Crippen molar-refractivity contribution in [1.82, 2.24) is 0 Å². The highest BCUT2D eigenvalue weighted by molar-refractivity contribution is 5.90. The summed E-state index contributed by atoms with van der Waals surface area (Å²) in [4.78, 5) is 10.9. The van der Waals surface area contributed by atoms with E-state index in [1.165, 1.54) is 0 Å². The van der Waals surface area contributed by atoms with Crippen LogP contribution < -0.4 is 0 Å². The predicted octanol–water partition coefficient (Wildman–Crippen LogP) is 1.66. The molecule has 0 N–H and O–H groups in total. The molecule has 0 spiro atoms. The van der Waals surface area contributed by atoms with Crippen molar-refractivity contribution < 1.29 is 9.53 Å². The van der Waals surface area contributed by atoms with Crippen molar-refractivity contribution in [2.75, 3.05) is 6.61 Å². The molecule has 64 valence electrons. The Kier molecular flexibility index (Phi) is 3.40. The minimum absolute atomic E-state index is 0.167. The van der Waals surface area contributed by atoms with Crippen LogP contribution in [-0.2, 0) is 9.53 Å². The van der Waals surface area contributed by atoms with E-state index in [0.29, 0.717) is 13.0 Å². The van der Waals surface area contributed by atoms with Crippen molar-refractivity contribution in [1.29, 1.82) is 0 Å². The van der Waals surface area contributed by atoms with Crippen molar-refractivity contribution in [3.05, 3.63) is 11.8 Å². The van der Waals surface area contributed by atoms with Gasteiger partial charge in [-0.15, -0.1) is 5.92 Å². The third kappa shape index (κ3) is 2.79. The van der Waals surface area contributed by atoms with E-state index in [0.717, 1.165) is 18.6 Å². The number of carbonyl (C=O) groups is 1. The third-order valence-electron chi connectivity index (χ3n) is 1.67. The molecule has 1 rings (SSSR count). The van der Waals surface area contributed by atoms with Crippen molar-refractivity contribution in [2.24, 2.45) is 0 Å². The summed E-state index contributed by atoms with van der Waals surface area (Å²) >= 11 is 0. The number of ketones is 1. The lowest BCUT2D eigenvalue weighted by Crippen LogP contribution is -2.05. The molecule has 0 aliphatic heterocycles. The Hall–Kier alpha value is -1.23. The lowest BCUT2D eigenvalue weighted by atomic mass is 10.1. The second-order valence-corrected chi connectivity index (χ2v) is 2.65. The molecule has 0 unspecified atom stereocenters.